The second kappa shape index (κ2) is 9.07. The Morgan fingerprint density at radius 2 is 1.74 bits per heavy atom. The molecule has 0 bridgehead atoms. The molecular formula is C23H30ClFN2. The Morgan fingerprint density at radius 1 is 1.04 bits per heavy atom. The van der Waals surface area contributed by atoms with Crippen molar-refractivity contribution < 1.29 is 4.39 Å². The Labute approximate surface area is 167 Å². The van der Waals surface area contributed by atoms with Crippen LogP contribution in [0.3, 0.4) is 0 Å². The number of likely N-dealkylation sites (N-methyl/N-ethyl adjacent to an activating group) is 1. The van der Waals surface area contributed by atoms with Gasteiger partial charge in [0.1, 0.15) is 6.17 Å². The maximum absolute atomic E-state index is 14.9. The van der Waals surface area contributed by atoms with Gasteiger partial charge in [-0.05, 0) is 43.1 Å². The van der Waals surface area contributed by atoms with Crippen LogP contribution in [0.1, 0.15) is 44.0 Å². The lowest BCUT2D eigenvalue weighted by atomic mass is 9.95. The molecule has 2 aromatic carbocycles. The molecule has 0 spiro atoms. The zero-order valence-electron chi connectivity index (χ0n) is 16.6. The van der Waals surface area contributed by atoms with Crippen molar-refractivity contribution in [3.8, 4) is 11.1 Å². The third-order valence-corrected chi connectivity index (χ3v) is 6.01. The van der Waals surface area contributed by atoms with Gasteiger partial charge in [0.05, 0.1) is 5.02 Å². The number of hydrogen-bond donors (Lipinski definition) is 0. The number of alkyl halides is 1. The van der Waals surface area contributed by atoms with Gasteiger partial charge in [-0.1, -0.05) is 56.1 Å². The lowest BCUT2D eigenvalue weighted by molar-refractivity contribution is 0.271. The van der Waals surface area contributed by atoms with Gasteiger partial charge in [-0.2, -0.15) is 0 Å². The van der Waals surface area contributed by atoms with E-state index in [-0.39, 0.29) is 0 Å². The number of aryl methyl sites for hydroxylation is 1. The highest BCUT2D eigenvalue weighted by Crippen LogP contribution is 2.41. The summed E-state index contributed by atoms with van der Waals surface area (Å²) < 4.78 is 14.9. The second-order valence-corrected chi connectivity index (χ2v) is 7.77. The number of anilines is 1. The molecule has 1 heterocycles. The molecule has 1 saturated heterocycles. The molecular weight excluding hydrogens is 359 g/mol. The highest BCUT2D eigenvalue weighted by molar-refractivity contribution is 6.34. The minimum atomic E-state index is -1.03. The van der Waals surface area contributed by atoms with Crippen LogP contribution in [0.5, 0.6) is 0 Å². The molecule has 1 unspecified atom stereocenters. The van der Waals surface area contributed by atoms with Crippen LogP contribution >= 0.6 is 11.6 Å². The predicted molar refractivity (Wildman–Crippen MR) is 115 cm³/mol. The van der Waals surface area contributed by atoms with E-state index in [0.29, 0.717) is 17.0 Å². The fraction of sp³-hybridized carbons (Fsp3) is 0.478. The normalized spacial score (nSPS) is 16.6. The van der Waals surface area contributed by atoms with Crippen LogP contribution in [-0.2, 0) is 0 Å². The highest BCUT2D eigenvalue weighted by Gasteiger charge is 2.22. The molecule has 0 N–H and O–H groups in total. The quantitative estimate of drug-likeness (QED) is 0.575. The van der Waals surface area contributed by atoms with E-state index in [4.69, 9.17) is 11.6 Å². The van der Waals surface area contributed by atoms with Crippen molar-refractivity contribution in [2.75, 3.05) is 37.6 Å². The van der Waals surface area contributed by atoms with Crippen LogP contribution in [-0.4, -0.2) is 37.6 Å². The van der Waals surface area contributed by atoms with E-state index in [2.05, 4.69) is 41.8 Å². The molecule has 0 saturated carbocycles. The van der Waals surface area contributed by atoms with Gasteiger partial charge in [-0.3, -0.25) is 0 Å². The van der Waals surface area contributed by atoms with Gasteiger partial charge in [0.15, 0.2) is 0 Å². The molecule has 0 radical (unpaired) electrons. The van der Waals surface area contributed by atoms with Crippen molar-refractivity contribution in [2.24, 2.45) is 0 Å². The Bertz CT molecular complexity index is 769. The smallest absolute Gasteiger partial charge is 0.127 e. The Hall–Kier alpha value is -1.58. The molecule has 1 fully saturated rings. The number of halogens is 2. The SMILES string of the molecule is CCCC(F)c1cc(N2CCN(CC)CC2)cc(-c2ccccc2C)c1Cl. The maximum atomic E-state index is 14.9. The summed E-state index contributed by atoms with van der Waals surface area (Å²) in [6.07, 6.45) is 0.276. The molecule has 0 aromatic heterocycles. The summed E-state index contributed by atoms with van der Waals surface area (Å²) in [6.45, 7) is 11.4. The van der Waals surface area contributed by atoms with Crippen LogP contribution in [0.4, 0.5) is 10.1 Å². The molecule has 1 aliphatic rings. The average molecular weight is 389 g/mol. The fourth-order valence-corrected chi connectivity index (χ4v) is 4.17. The lowest BCUT2D eigenvalue weighted by Crippen LogP contribution is -2.46. The molecule has 2 nitrogen and oxygen atoms in total. The third-order valence-electron chi connectivity index (χ3n) is 5.58. The van der Waals surface area contributed by atoms with Gasteiger partial charge in [0, 0.05) is 43.0 Å². The van der Waals surface area contributed by atoms with Gasteiger partial charge in [-0.15, -0.1) is 0 Å². The summed E-state index contributed by atoms with van der Waals surface area (Å²) in [5, 5.41) is 0.557. The van der Waals surface area contributed by atoms with E-state index in [1.807, 2.05) is 25.1 Å². The predicted octanol–water partition coefficient (Wildman–Crippen LogP) is 6.27. The van der Waals surface area contributed by atoms with E-state index in [1.165, 1.54) is 0 Å². The van der Waals surface area contributed by atoms with Crippen molar-refractivity contribution in [3.05, 3.63) is 52.5 Å². The van der Waals surface area contributed by atoms with Gasteiger partial charge in [0.2, 0.25) is 0 Å². The van der Waals surface area contributed by atoms with Crippen LogP contribution in [0, 0.1) is 6.92 Å². The van der Waals surface area contributed by atoms with Gasteiger partial charge in [-0.25, -0.2) is 4.39 Å². The van der Waals surface area contributed by atoms with Crippen molar-refractivity contribution in [1.29, 1.82) is 0 Å². The summed E-state index contributed by atoms with van der Waals surface area (Å²) in [7, 11) is 0. The van der Waals surface area contributed by atoms with Gasteiger partial charge >= 0.3 is 0 Å². The van der Waals surface area contributed by atoms with Gasteiger partial charge in [0.25, 0.3) is 0 Å². The van der Waals surface area contributed by atoms with Crippen molar-refractivity contribution in [2.45, 2.75) is 39.8 Å². The van der Waals surface area contributed by atoms with Crippen LogP contribution < -0.4 is 4.90 Å². The molecule has 3 rings (SSSR count). The molecule has 0 aliphatic carbocycles. The summed E-state index contributed by atoms with van der Waals surface area (Å²) in [5.74, 6) is 0. The van der Waals surface area contributed by atoms with Crippen molar-refractivity contribution in [3.63, 3.8) is 0 Å². The van der Waals surface area contributed by atoms with E-state index < -0.39 is 6.17 Å². The van der Waals surface area contributed by atoms with Crippen molar-refractivity contribution in [1.82, 2.24) is 4.90 Å². The monoisotopic (exact) mass is 388 g/mol. The van der Waals surface area contributed by atoms with Crippen LogP contribution in [0.15, 0.2) is 36.4 Å². The topological polar surface area (TPSA) is 6.48 Å². The number of rotatable bonds is 6. The number of piperazine rings is 1. The first-order chi connectivity index (χ1) is 13.0. The van der Waals surface area contributed by atoms with Crippen molar-refractivity contribution >= 4 is 17.3 Å². The van der Waals surface area contributed by atoms with E-state index in [9.17, 15) is 4.39 Å². The van der Waals surface area contributed by atoms with E-state index >= 15 is 0 Å². The molecule has 0 amide bonds. The summed E-state index contributed by atoms with van der Waals surface area (Å²) in [5.41, 5.74) is 4.90. The standard InChI is InChI=1S/C23H30ClFN2/c1-4-8-22(25)21-16-18(27-13-11-26(5-2)12-14-27)15-20(23(21)24)19-10-7-6-9-17(19)3/h6-7,9-10,15-16,22H,4-5,8,11-14H2,1-3H3. The average Bonchev–Trinajstić information content (AvgIpc) is 2.69. The fourth-order valence-electron chi connectivity index (χ4n) is 3.84. The summed E-state index contributed by atoms with van der Waals surface area (Å²) >= 11 is 6.74. The molecule has 1 atom stereocenters. The molecule has 1 aliphatic heterocycles. The molecule has 2 aromatic rings. The summed E-state index contributed by atoms with van der Waals surface area (Å²) in [4.78, 5) is 4.82. The zero-order valence-corrected chi connectivity index (χ0v) is 17.4. The molecule has 146 valence electrons. The highest BCUT2D eigenvalue weighted by atomic mass is 35.5. The Morgan fingerprint density at radius 3 is 2.37 bits per heavy atom. The molecule has 27 heavy (non-hydrogen) atoms. The summed E-state index contributed by atoms with van der Waals surface area (Å²) in [6, 6.07) is 12.3. The first kappa shape index (κ1) is 20.2. The molecule has 4 heteroatoms. The first-order valence-corrected chi connectivity index (χ1v) is 10.4. The minimum Gasteiger partial charge on any atom is -0.369 e. The Balaban J connectivity index is 2.05. The van der Waals surface area contributed by atoms with E-state index in [0.717, 1.165) is 61.5 Å². The third kappa shape index (κ3) is 4.47. The first-order valence-electron chi connectivity index (χ1n) is 10.1. The van der Waals surface area contributed by atoms with E-state index in [1.54, 1.807) is 0 Å². The number of hydrogen-bond acceptors (Lipinski definition) is 2. The minimum absolute atomic E-state index is 0.500. The number of nitrogens with zero attached hydrogens (tertiary/aromatic N) is 2. The maximum Gasteiger partial charge on any atom is 0.127 e. The number of benzene rings is 2. The second-order valence-electron chi connectivity index (χ2n) is 7.39. The zero-order chi connectivity index (χ0) is 19.4. The lowest BCUT2D eigenvalue weighted by Gasteiger charge is -2.36. The van der Waals surface area contributed by atoms with Gasteiger partial charge < -0.3 is 9.80 Å². The van der Waals surface area contributed by atoms with Crippen LogP contribution in [0.25, 0.3) is 11.1 Å². The van der Waals surface area contributed by atoms with Crippen LogP contribution in [0.2, 0.25) is 5.02 Å². The largest absolute Gasteiger partial charge is 0.369 e. The Kier molecular flexibility index (Phi) is 6.78.